The van der Waals surface area contributed by atoms with Crippen LogP contribution in [0.4, 0.5) is 4.39 Å². The summed E-state index contributed by atoms with van der Waals surface area (Å²) in [6.45, 7) is 14.6. The van der Waals surface area contributed by atoms with E-state index in [2.05, 4.69) is 51.8 Å². The van der Waals surface area contributed by atoms with E-state index in [-0.39, 0.29) is 17.3 Å². The van der Waals surface area contributed by atoms with E-state index in [0.717, 1.165) is 31.1 Å². The molecule has 0 saturated carbocycles. The highest BCUT2D eigenvalue weighted by Gasteiger charge is 2.34. The highest BCUT2D eigenvalue weighted by molar-refractivity contribution is 6.73. The SMILES string of the molecule is CCC(C)(C)CNCC(O[Si](CC)(CC)CC)c1c(F)cncc1Cl. The quantitative estimate of drug-likeness (QED) is 0.474. The van der Waals surface area contributed by atoms with Gasteiger partial charge in [0.25, 0.3) is 0 Å². The maximum Gasteiger partial charge on any atom is 0.192 e. The minimum absolute atomic E-state index is 0.194. The Morgan fingerprint density at radius 1 is 1.20 bits per heavy atom. The molecule has 1 aromatic rings. The van der Waals surface area contributed by atoms with Crippen molar-refractivity contribution >= 4 is 19.9 Å². The van der Waals surface area contributed by atoms with Crippen molar-refractivity contribution in [1.29, 1.82) is 0 Å². The largest absolute Gasteiger partial charge is 0.408 e. The molecule has 144 valence electrons. The minimum Gasteiger partial charge on any atom is -0.408 e. The number of pyridine rings is 1. The van der Waals surface area contributed by atoms with E-state index in [1.165, 1.54) is 12.4 Å². The number of halogens is 2. The van der Waals surface area contributed by atoms with Gasteiger partial charge >= 0.3 is 0 Å². The zero-order valence-corrected chi connectivity index (χ0v) is 18.3. The summed E-state index contributed by atoms with van der Waals surface area (Å²) >= 11 is 6.28. The average Bonchev–Trinajstić information content (AvgIpc) is 2.59. The molecule has 0 saturated heterocycles. The van der Waals surface area contributed by atoms with Crippen molar-refractivity contribution < 1.29 is 8.82 Å². The van der Waals surface area contributed by atoms with Crippen LogP contribution in [0, 0.1) is 11.2 Å². The summed E-state index contributed by atoms with van der Waals surface area (Å²) in [6, 6.07) is 3.05. The topological polar surface area (TPSA) is 34.1 Å². The summed E-state index contributed by atoms with van der Waals surface area (Å²) in [6.07, 6.45) is 3.42. The first kappa shape index (κ1) is 22.5. The fourth-order valence-corrected chi connectivity index (χ4v) is 5.97. The van der Waals surface area contributed by atoms with Crippen LogP contribution >= 0.6 is 11.6 Å². The van der Waals surface area contributed by atoms with Crippen molar-refractivity contribution in [2.24, 2.45) is 5.41 Å². The summed E-state index contributed by atoms with van der Waals surface area (Å²) in [7, 11) is -1.90. The van der Waals surface area contributed by atoms with Gasteiger partial charge in [0.15, 0.2) is 8.32 Å². The molecule has 0 aliphatic carbocycles. The van der Waals surface area contributed by atoms with Gasteiger partial charge in [-0.05, 0) is 30.0 Å². The molecule has 0 fully saturated rings. The Bertz CT molecular complexity index is 510. The maximum absolute atomic E-state index is 14.5. The maximum atomic E-state index is 14.5. The monoisotopic (exact) mass is 388 g/mol. The molecule has 1 N–H and O–H groups in total. The number of nitrogens with one attached hydrogen (secondary N) is 1. The fraction of sp³-hybridized carbons (Fsp3) is 0.737. The predicted molar refractivity (Wildman–Crippen MR) is 107 cm³/mol. The Morgan fingerprint density at radius 2 is 1.80 bits per heavy atom. The average molecular weight is 389 g/mol. The first-order valence-corrected chi connectivity index (χ1v) is 12.3. The predicted octanol–water partition coefficient (Wildman–Crippen LogP) is 5.96. The molecule has 0 aliphatic heterocycles. The van der Waals surface area contributed by atoms with Crippen molar-refractivity contribution in [3.8, 4) is 0 Å². The lowest BCUT2D eigenvalue weighted by Crippen LogP contribution is -2.41. The molecule has 0 bridgehead atoms. The zero-order valence-electron chi connectivity index (χ0n) is 16.6. The van der Waals surface area contributed by atoms with E-state index in [4.69, 9.17) is 16.0 Å². The van der Waals surface area contributed by atoms with Crippen molar-refractivity contribution in [3.05, 3.63) is 28.8 Å². The van der Waals surface area contributed by atoms with Gasteiger partial charge in [0.1, 0.15) is 5.82 Å². The molecule has 3 nitrogen and oxygen atoms in total. The summed E-state index contributed by atoms with van der Waals surface area (Å²) in [5.74, 6) is -0.389. The van der Waals surface area contributed by atoms with Gasteiger partial charge in [0, 0.05) is 24.8 Å². The lowest BCUT2D eigenvalue weighted by molar-refractivity contribution is 0.174. The Labute approximate surface area is 158 Å². The third kappa shape index (κ3) is 6.31. The van der Waals surface area contributed by atoms with Gasteiger partial charge in [-0.2, -0.15) is 0 Å². The first-order chi connectivity index (χ1) is 11.7. The molecular formula is C19H34ClFN2OSi. The molecule has 1 heterocycles. The van der Waals surface area contributed by atoms with Gasteiger partial charge in [0.05, 0.1) is 17.3 Å². The van der Waals surface area contributed by atoms with E-state index >= 15 is 0 Å². The van der Waals surface area contributed by atoms with Crippen molar-refractivity contribution in [3.63, 3.8) is 0 Å². The lowest BCUT2D eigenvalue weighted by Gasteiger charge is -2.34. The molecule has 0 amide bonds. The molecule has 1 unspecified atom stereocenters. The van der Waals surface area contributed by atoms with Gasteiger partial charge in [-0.15, -0.1) is 0 Å². The van der Waals surface area contributed by atoms with Crippen LogP contribution in [0.1, 0.15) is 59.6 Å². The van der Waals surface area contributed by atoms with E-state index < -0.39 is 8.32 Å². The molecule has 1 aromatic heterocycles. The van der Waals surface area contributed by atoms with E-state index in [1.54, 1.807) is 0 Å². The van der Waals surface area contributed by atoms with E-state index in [0.29, 0.717) is 17.1 Å². The van der Waals surface area contributed by atoms with E-state index in [1.807, 2.05) is 0 Å². The van der Waals surface area contributed by atoms with Gasteiger partial charge in [-0.3, -0.25) is 4.98 Å². The van der Waals surface area contributed by atoms with Gasteiger partial charge in [-0.1, -0.05) is 53.1 Å². The highest BCUT2D eigenvalue weighted by atomic mass is 35.5. The molecule has 1 rings (SSSR count). The molecule has 0 aromatic carbocycles. The van der Waals surface area contributed by atoms with Crippen molar-refractivity contribution in [1.82, 2.24) is 10.3 Å². The van der Waals surface area contributed by atoms with E-state index in [9.17, 15) is 4.39 Å². The minimum atomic E-state index is -1.90. The molecular weight excluding hydrogens is 355 g/mol. The molecule has 25 heavy (non-hydrogen) atoms. The fourth-order valence-electron chi connectivity index (χ4n) is 2.90. The second kappa shape index (κ2) is 10.0. The number of hydrogen-bond acceptors (Lipinski definition) is 3. The standard InChI is InChI=1S/C19H34ClFN2OSi/c1-7-19(5,6)14-23-13-17(24-25(8-2,9-3)10-4)18-15(20)11-22-12-16(18)21/h11-12,17,23H,7-10,13-14H2,1-6H3. The number of aromatic nitrogens is 1. The van der Waals surface area contributed by atoms with Crippen LogP contribution in [0.3, 0.4) is 0 Å². The van der Waals surface area contributed by atoms with Crippen LogP contribution in [0.25, 0.3) is 0 Å². The van der Waals surface area contributed by atoms with Gasteiger partial charge < -0.3 is 9.74 Å². The van der Waals surface area contributed by atoms with Gasteiger partial charge in [0.2, 0.25) is 0 Å². The van der Waals surface area contributed by atoms with Crippen LogP contribution < -0.4 is 5.32 Å². The summed E-state index contributed by atoms with van der Waals surface area (Å²) in [5.41, 5.74) is 0.630. The Hall–Kier alpha value is -0.493. The molecule has 0 aliphatic rings. The normalized spacial score (nSPS) is 13.9. The van der Waals surface area contributed by atoms with Crippen LogP contribution in [0.15, 0.2) is 12.4 Å². The van der Waals surface area contributed by atoms with Crippen LogP contribution in [0.2, 0.25) is 23.2 Å². The molecule has 0 spiro atoms. The van der Waals surface area contributed by atoms with Gasteiger partial charge in [-0.25, -0.2) is 4.39 Å². The van der Waals surface area contributed by atoms with Crippen molar-refractivity contribution in [2.45, 2.75) is 72.2 Å². The van der Waals surface area contributed by atoms with Crippen molar-refractivity contribution in [2.75, 3.05) is 13.1 Å². The van der Waals surface area contributed by atoms with Crippen LogP contribution in [-0.2, 0) is 4.43 Å². The molecule has 0 radical (unpaired) electrons. The summed E-state index contributed by atoms with van der Waals surface area (Å²) < 4.78 is 21.1. The second-order valence-electron chi connectivity index (χ2n) is 7.52. The third-order valence-corrected chi connectivity index (χ3v) is 10.4. The van der Waals surface area contributed by atoms with Crippen LogP contribution in [0.5, 0.6) is 0 Å². The second-order valence-corrected chi connectivity index (χ2v) is 12.6. The smallest absolute Gasteiger partial charge is 0.192 e. The lowest BCUT2D eigenvalue weighted by atomic mass is 9.90. The molecule has 1 atom stereocenters. The Kier molecular flexibility index (Phi) is 9.02. The number of nitrogens with zero attached hydrogens (tertiary/aromatic N) is 1. The number of rotatable bonds is 11. The Balaban J connectivity index is 3.06. The zero-order chi connectivity index (χ0) is 19.1. The highest BCUT2D eigenvalue weighted by Crippen LogP contribution is 2.34. The summed E-state index contributed by atoms with van der Waals surface area (Å²) in [4.78, 5) is 3.85. The first-order valence-electron chi connectivity index (χ1n) is 9.41. The third-order valence-electron chi connectivity index (χ3n) is 5.43. The Morgan fingerprint density at radius 3 is 2.28 bits per heavy atom. The summed E-state index contributed by atoms with van der Waals surface area (Å²) in [5, 5.41) is 3.82. The molecule has 6 heteroatoms. The van der Waals surface area contributed by atoms with Crippen LogP contribution in [-0.4, -0.2) is 26.4 Å². The number of hydrogen-bond donors (Lipinski definition) is 1.